The molecule has 0 aliphatic rings. The third kappa shape index (κ3) is 61.3. The number of nitrogens with one attached hydrogen (secondary N) is 4. The maximum atomic E-state index is 11.4. The van der Waals surface area contributed by atoms with Crippen LogP contribution in [0.2, 0.25) is 0 Å². The summed E-state index contributed by atoms with van der Waals surface area (Å²) in [5, 5.41) is 9.46. The van der Waals surface area contributed by atoms with E-state index in [1.165, 1.54) is 35.2 Å². The molecule has 23 nitrogen and oxygen atoms in total. The summed E-state index contributed by atoms with van der Waals surface area (Å²) in [5.74, 6) is -0.274. The minimum Gasteiger partial charge on any atom is -0.522 e. The van der Waals surface area contributed by atoms with Gasteiger partial charge in [0.05, 0.1) is 98.9 Å². The maximum absolute atomic E-state index is 11.4. The summed E-state index contributed by atoms with van der Waals surface area (Å²) < 4.78 is 31.9. The Balaban J connectivity index is -0.000000191. The van der Waals surface area contributed by atoms with Crippen LogP contribution in [0.3, 0.4) is 0 Å². The fourth-order valence-corrected chi connectivity index (χ4v) is 3.08. The van der Waals surface area contributed by atoms with Crippen molar-refractivity contribution in [3.05, 3.63) is 0 Å². The minimum absolute atomic E-state index is 0. The van der Waals surface area contributed by atoms with Gasteiger partial charge < -0.3 is 79.8 Å². The second-order valence-electron chi connectivity index (χ2n) is 11.6. The van der Waals surface area contributed by atoms with Crippen LogP contribution in [0, 0.1) is 0 Å². The van der Waals surface area contributed by atoms with Gasteiger partial charge in [-0.3, -0.25) is 33.6 Å². The first kappa shape index (κ1) is 67.3. The van der Waals surface area contributed by atoms with Gasteiger partial charge >= 0.3 is 0 Å². The van der Waals surface area contributed by atoms with Gasteiger partial charge in [-0.15, -0.1) is 0 Å². The summed E-state index contributed by atoms with van der Waals surface area (Å²) >= 11 is 0. The normalized spacial score (nSPS) is 9.28. The van der Waals surface area contributed by atoms with E-state index in [1.807, 2.05) is 27.8 Å². The van der Waals surface area contributed by atoms with Gasteiger partial charge in [0.2, 0.25) is 42.9 Å². The molecule has 0 fully saturated rings. The average Bonchev–Trinajstić information content (AvgIpc) is 3.26. The molecule has 0 unspecified atom stereocenters. The van der Waals surface area contributed by atoms with Crippen LogP contribution in [0.4, 0.5) is 0 Å². The van der Waals surface area contributed by atoms with E-state index in [2.05, 4.69) is 21.3 Å². The van der Waals surface area contributed by atoms with Crippen LogP contribution in [0.15, 0.2) is 0 Å². The van der Waals surface area contributed by atoms with Gasteiger partial charge in [-0.1, -0.05) is 6.92 Å². The summed E-state index contributed by atoms with van der Waals surface area (Å²) in [5.41, 5.74) is 5.30. The molecule has 366 valence electrons. The van der Waals surface area contributed by atoms with Crippen molar-refractivity contribution in [3.63, 3.8) is 0 Å². The minimum atomic E-state index is -0.221. The van der Waals surface area contributed by atoms with Crippen molar-refractivity contribution in [3.8, 4) is 0 Å². The molecule has 0 rings (SSSR count). The number of hydrogen-bond donors (Lipinski definition) is 5. The number of nitrogens with two attached hydrogens (primary N) is 1. The third-order valence-corrected chi connectivity index (χ3v) is 6.65. The van der Waals surface area contributed by atoms with E-state index in [4.69, 9.17) is 38.9 Å². The second kappa shape index (κ2) is 56.6. The first-order valence-corrected chi connectivity index (χ1v) is 19.4. The molecule has 24 heteroatoms. The zero-order valence-electron chi connectivity index (χ0n) is 37.7. The molecular weight excluding hydrogens is 1050 g/mol. The van der Waals surface area contributed by atoms with Crippen molar-refractivity contribution < 1.29 is 66.8 Å². The van der Waals surface area contributed by atoms with E-state index in [9.17, 15) is 33.6 Å². The van der Waals surface area contributed by atoms with Crippen molar-refractivity contribution in [1.82, 2.24) is 40.9 Å². The average molecular weight is 1130 g/mol. The number of nitrogens with zero attached hydrogens (tertiary/aromatic N) is 4. The van der Waals surface area contributed by atoms with Gasteiger partial charge in [0.15, 0.2) is 0 Å². The molecular formula is C37H76FmN9O14-. The van der Waals surface area contributed by atoms with E-state index >= 15 is 0 Å². The van der Waals surface area contributed by atoms with E-state index in [0.717, 1.165) is 6.54 Å². The van der Waals surface area contributed by atoms with Crippen LogP contribution < -0.4 is 27.0 Å². The zero-order valence-corrected chi connectivity index (χ0v) is 40.1. The fraction of sp³-hybridized carbons (Fsp3) is 0.784. The SMILES string of the molecule is CCC(=O)N(C)CC.CCN(C)C(=O)CN[C-]=O.CN(C=O)CC(=O)NCCOCCOCCOCCOCCOCCOCCN.CNC(=O)CN(C)C=O.CNC=O.[Fm]. The molecule has 0 aromatic carbocycles. The summed E-state index contributed by atoms with van der Waals surface area (Å²) in [6, 6.07) is 0. The Kier molecular flexibility index (Phi) is 62.4. The predicted molar refractivity (Wildman–Crippen MR) is 224 cm³/mol. The first-order valence-electron chi connectivity index (χ1n) is 19.4. The maximum Gasteiger partial charge on any atom is 0.239 e. The van der Waals surface area contributed by atoms with E-state index < -0.39 is 0 Å². The fourth-order valence-electron chi connectivity index (χ4n) is 3.08. The van der Waals surface area contributed by atoms with E-state index in [0.29, 0.717) is 125 Å². The molecule has 6 N–H and O–H groups in total. The van der Waals surface area contributed by atoms with Crippen molar-refractivity contribution in [1.29, 1.82) is 0 Å². The van der Waals surface area contributed by atoms with Crippen LogP contribution in [-0.2, 0) is 66.8 Å². The Morgan fingerprint density at radius 1 is 0.607 bits per heavy atom. The van der Waals surface area contributed by atoms with Crippen molar-refractivity contribution in [2.75, 3.05) is 167 Å². The van der Waals surface area contributed by atoms with E-state index in [1.54, 1.807) is 26.0 Å². The standard InChI is InChI=1S/C18H37N3O8.C6H11N2O2.C6H13NO.C5H10N2O2.C2H5NO.Fm/c1-21(17-22)16-18(23)20-3-5-25-7-9-27-11-13-29-15-14-28-12-10-26-8-6-24-4-2-19;1-3-8(2)6(10)4-7-5-9;1-4-6(8)7(3)5-2;1-6-5(9)3-7(2)4-8;1-3-2-4;/h17H,2-16,19H2,1H3,(H,20,23);3-4H2,1-2H3,(H,7,9);4-5H2,1-3H3;4H,3H2,1-2H3,(H,6,9);2H,1H3,(H,3,4);/q;-1;;;;. The Morgan fingerprint density at radius 3 is 1.26 bits per heavy atom. The molecule has 0 spiro atoms. The molecule has 0 aromatic heterocycles. The Bertz CT molecular complexity index is 1040. The smallest absolute Gasteiger partial charge is 0.239 e. The Labute approximate surface area is 356 Å². The van der Waals surface area contributed by atoms with Crippen LogP contribution in [0.1, 0.15) is 27.2 Å². The molecule has 0 radical (unpaired) electrons. The summed E-state index contributed by atoms with van der Waals surface area (Å²) in [6.07, 6.45) is 3.88. The van der Waals surface area contributed by atoms with E-state index in [-0.39, 0.29) is 43.3 Å². The number of amides is 8. The molecule has 8 amide bonds. The van der Waals surface area contributed by atoms with Crippen LogP contribution in [-0.4, -0.2) is 236 Å². The van der Waals surface area contributed by atoms with Gasteiger partial charge in [0.25, 0.3) is 0 Å². The number of carbonyl (C=O) groups is 7. The molecule has 0 aromatic rings. The van der Waals surface area contributed by atoms with Crippen molar-refractivity contribution >= 4 is 49.3 Å². The van der Waals surface area contributed by atoms with Gasteiger partial charge in [-0.05, 0) is 13.8 Å². The second-order valence-corrected chi connectivity index (χ2v) is 11.6. The van der Waals surface area contributed by atoms with Gasteiger partial charge in [0.1, 0.15) is 0 Å². The topological polar surface area (TPSA) is 279 Å². The third-order valence-electron chi connectivity index (χ3n) is 6.65. The zero-order chi connectivity index (χ0) is 46.7. The van der Waals surface area contributed by atoms with Crippen molar-refractivity contribution in [2.45, 2.75) is 27.2 Å². The summed E-state index contributed by atoms with van der Waals surface area (Å²) in [7, 11) is 9.66. The molecule has 0 aliphatic carbocycles. The first-order chi connectivity index (χ1) is 28.8. The number of carbonyl (C=O) groups excluding carboxylic acids is 8. The Hall–Kier alpha value is -5.52. The quantitative estimate of drug-likeness (QED) is 0.0184. The predicted octanol–water partition coefficient (Wildman–Crippen LogP) is -3.57. The molecule has 0 heterocycles. The number of rotatable bonds is 33. The van der Waals surface area contributed by atoms with Gasteiger partial charge in [-0.25, -0.2) is 0 Å². The van der Waals surface area contributed by atoms with Crippen LogP contribution in [0.25, 0.3) is 0 Å². The number of hydrogen-bond acceptors (Lipinski definition) is 15. The Morgan fingerprint density at radius 2 is 0.967 bits per heavy atom. The van der Waals surface area contributed by atoms with Gasteiger partial charge in [-0.2, -0.15) is 6.41 Å². The molecule has 0 bridgehead atoms. The molecule has 0 saturated heterocycles. The summed E-state index contributed by atoms with van der Waals surface area (Å²) in [6.45, 7) is 14.2. The van der Waals surface area contributed by atoms with Crippen molar-refractivity contribution in [2.24, 2.45) is 5.73 Å². The molecule has 0 atom stereocenters. The van der Waals surface area contributed by atoms with Crippen LogP contribution >= 0.6 is 0 Å². The number of ether oxygens (including phenoxy) is 6. The molecule has 0 aliphatic heterocycles. The van der Waals surface area contributed by atoms with Crippen LogP contribution in [0.5, 0.6) is 0 Å². The number of likely N-dealkylation sites (N-methyl/N-ethyl adjacent to an activating group) is 4. The monoisotopic (exact) mass is 1130 g/mol. The molecule has 61 heavy (non-hydrogen) atoms. The summed E-state index contributed by atoms with van der Waals surface area (Å²) in [4.78, 5) is 88.0. The molecule has 0 saturated carbocycles. The van der Waals surface area contributed by atoms with Gasteiger partial charge in [0, 0.05) is 74.9 Å². The largest absolute Gasteiger partial charge is 0.522 e.